The van der Waals surface area contributed by atoms with Gasteiger partial charge in [-0.3, -0.25) is 4.90 Å². The summed E-state index contributed by atoms with van der Waals surface area (Å²) < 4.78 is 0. The predicted octanol–water partition coefficient (Wildman–Crippen LogP) is 2.64. The number of nitrogens with one attached hydrogen (secondary N) is 1. The molecule has 0 bridgehead atoms. The van der Waals surface area contributed by atoms with Gasteiger partial charge in [-0.25, -0.2) is 0 Å². The van der Waals surface area contributed by atoms with Crippen LogP contribution in [0.15, 0.2) is 0 Å². The summed E-state index contributed by atoms with van der Waals surface area (Å²) in [7, 11) is 0. The lowest BCUT2D eigenvalue weighted by Gasteiger charge is -2.40. The van der Waals surface area contributed by atoms with Crippen molar-refractivity contribution in [2.75, 3.05) is 13.1 Å². The molecule has 1 heterocycles. The molecule has 2 fully saturated rings. The number of likely N-dealkylation sites (tertiary alicyclic amines) is 1. The summed E-state index contributed by atoms with van der Waals surface area (Å²) in [6, 6.07) is 2.46. The molecule has 2 rings (SSSR count). The Morgan fingerprint density at radius 2 is 1.75 bits per heavy atom. The zero-order valence-electron chi connectivity index (χ0n) is 11.2. The predicted molar refractivity (Wildman–Crippen MR) is 69.7 cm³/mol. The van der Waals surface area contributed by atoms with Crippen molar-refractivity contribution in [2.45, 2.75) is 71.0 Å². The molecule has 2 aliphatic rings. The fraction of sp³-hybridized carbons (Fsp3) is 1.00. The quantitative estimate of drug-likeness (QED) is 0.772. The second kappa shape index (κ2) is 5.50. The van der Waals surface area contributed by atoms with Crippen molar-refractivity contribution in [1.29, 1.82) is 0 Å². The second-order valence-corrected chi connectivity index (χ2v) is 6.11. The second-order valence-electron chi connectivity index (χ2n) is 6.11. The van der Waals surface area contributed by atoms with Crippen molar-refractivity contribution >= 4 is 0 Å². The average Bonchev–Trinajstić information content (AvgIpc) is 3.04. The maximum Gasteiger partial charge on any atom is 0.00698 e. The summed E-state index contributed by atoms with van der Waals surface area (Å²) in [5.41, 5.74) is 0. The SMILES string of the molecule is CC(CNC1CC1)CN1[C@H](C)CCC[C@@H]1C. The zero-order valence-corrected chi connectivity index (χ0v) is 11.2. The van der Waals surface area contributed by atoms with E-state index in [1.165, 1.54) is 45.2 Å². The highest BCUT2D eigenvalue weighted by atomic mass is 15.2. The normalized spacial score (nSPS) is 33.9. The highest BCUT2D eigenvalue weighted by Gasteiger charge is 2.26. The molecule has 0 aromatic carbocycles. The van der Waals surface area contributed by atoms with Crippen LogP contribution in [0.1, 0.15) is 52.9 Å². The lowest BCUT2D eigenvalue weighted by atomic mass is 9.96. The summed E-state index contributed by atoms with van der Waals surface area (Å²) in [6.45, 7) is 9.68. The molecule has 0 radical (unpaired) electrons. The van der Waals surface area contributed by atoms with Gasteiger partial charge in [-0.15, -0.1) is 0 Å². The molecule has 3 atom stereocenters. The van der Waals surface area contributed by atoms with E-state index in [1.807, 2.05) is 0 Å². The van der Waals surface area contributed by atoms with E-state index in [0.29, 0.717) is 0 Å². The lowest BCUT2D eigenvalue weighted by molar-refractivity contribution is 0.0866. The summed E-state index contributed by atoms with van der Waals surface area (Å²) in [5, 5.41) is 3.65. The Morgan fingerprint density at radius 1 is 1.12 bits per heavy atom. The molecule has 16 heavy (non-hydrogen) atoms. The van der Waals surface area contributed by atoms with Gasteiger partial charge in [-0.2, -0.15) is 0 Å². The number of piperidine rings is 1. The maximum atomic E-state index is 3.65. The minimum Gasteiger partial charge on any atom is -0.314 e. The first kappa shape index (κ1) is 12.4. The zero-order chi connectivity index (χ0) is 11.5. The largest absolute Gasteiger partial charge is 0.314 e. The number of hydrogen-bond donors (Lipinski definition) is 1. The van der Waals surface area contributed by atoms with Gasteiger partial charge in [-0.1, -0.05) is 13.3 Å². The third-order valence-corrected chi connectivity index (χ3v) is 4.23. The third kappa shape index (κ3) is 3.46. The van der Waals surface area contributed by atoms with Crippen LogP contribution in [0.2, 0.25) is 0 Å². The molecule has 1 N–H and O–H groups in total. The molecule has 2 heteroatoms. The van der Waals surface area contributed by atoms with Gasteiger partial charge in [0.15, 0.2) is 0 Å². The van der Waals surface area contributed by atoms with Gasteiger partial charge < -0.3 is 5.32 Å². The number of nitrogens with zero attached hydrogens (tertiary/aromatic N) is 1. The fourth-order valence-electron chi connectivity index (χ4n) is 2.91. The smallest absolute Gasteiger partial charge is 0.00698 e. The Bertz CT molecular complexity index is 203. The highest BCUT2D eigenvalue weighted by Crippen LogP contribution is 2.24. The highest BCUT2D eigenvalue weighted by molar-refractivity contribution is 4.84. The van der Waals surface area contributed by atoms with E-state index in [2.05, 4.69) is 31.0 Å². The fourth-order valence-corrected chi connectivity index (χ4v) is 2.91. The molecular formula is C14H28N2. The molecule has 0 spiro atoms. The van der Waals surface area contributed by atoms with Gasteiger partial charge in [0.1, 0.15) is 0 Å². The minimum absolute atomic E-state index is 0.795. The molecule has 1 aliphatic heterocycles. The van der Waals surface area contributed by atoms with Crippen LogP contribution < -0.4 is 5.32 Å². The van der Waals surface area contributed by atoms with Crippen molar-refractivity contribution < 1.29 is 0 Å². The summed E-state index contributed by atoms with van der Waals surface area (Å²) in [6.07, 6.45) is 7.03. The van der Waals surface area contributed by atoms with E-state index in [-0.39, 0.29) is 0 Å². The van der Waals surface area contributed by atoms with Crippen molar-refractivity contribution in [3.63, 3.8) is 0 Å². The first-order valence-corrected chi connectivity index (χ1v) is 7.16. The van der Waals surface area contributed by atoms with Crippen LogP contribution in [0.25, 0.3) is 0 Å². The van der Waals surface area contributed by atoms with Crippen LogP contribution in [-0.2, 0) is 0 Å². The standard InChI is InChI=1S/C14H28N2/c1-11(9-15-14-7-8-14)10-16-12(2)5-4-6-13(16)3/h11-15H,4-10H2,1-3H3/t11?,12-,13+. The van der Waals surface area contributed by atoms with Crippen LogP contribution >= 0.6 is 0 Å². The van der Waals surface area contributed by atoms with E-state index in [1.54, 1.807) is 0 Å². The summed E-state index contributed by atoms with van der Waals surface area (Å²) in [4.78, 5) is 2.72. The first-order valence-electron chi connectivity index (χ1n) is 7.16. The molecule has 0 amide bonds. The van der Waals surface area contributed by atoms with E-state index in [9.17, 15) is 0 Å². The van der Waals surface area contributed by atoms with Gasteiger partial charge in [0.25, 0.3) is 0 Å². The molecule has 1 saturated heterocycles. The molecule has 1 unspecified atom stereocenters. The van der Waals surface area contributed by atoms with Crippen molar-refractivity contribution in [2.24, 2.45) is 5.92 Å². The molecule has 0 aromatic heterocycles. The third-order valence-electron chi connectivity index (χ3n) is 4.23. The Morgan fingerprint density at radius 3 is 2.31 bits per heavy atom. The number of rotatable bonds is 5. The van der Waals surface area contributed by atoms with Crippen molar-refractivity contribution in [1.82, 2.24) is 10.2 Å². The molecular weight excluding hydrogens is 196 g/mol. The van der Waals surface area contributed by atoms with E-state index in [4.69, 9.17) is 0 Å². The van der Waals surface area contributed by atoms with Crippen molar-refractivity contribution in [3.05, 3.63) is 0 Å². The maximum absolute atomic E-state index is 3.65. The Balaban J connectivity index is 1.72. The molecule has 94 valence electrons. The van der Waals surface area contributed by atoms with Gasteiger partial charge >= 0.3 is 0 Å². The van der Waals surface area contributed by atoms with Gasteiger partial charge in [0.05, 0.1) is 0 Å². The van der Waals surface area contributed by atoms with Crippen LogP contribution in [0.4, 0.5) is 0 Å². The minimum atomic E-state index is 0.795. The van der Waals surface area contributed by atoms with Gasteiger partial charge in [0.2, 0.25) is 0 Å². The monoisotopic (exact) mass is 224 g/mol. The van der Waals surface area contributed by atoms with E-state index in [0.717, 1.165) is 24.0 Å². The molecule has 1 aliphatic carbocycles. The summed E-state index contributed by atoms with van der Waals surface area (Å²) >= 11 is 0. The topological polar surface area (TPSA) is 15.3 Å². The van der Waals surface area contributed by atoms with Crippen molar-refractivity contribution in [3.8, 4) is 0 Å². The van der Waals surface area contributed by atoms with Crippen LogP contribution in [0.5, 0.6) is 0 Å². The molecule has 1 saturated carbocycles. The number of hydrogen-bond acceptors (Lipinski definition) is 2. The Labute approximate surface area is 101 Å². The van der Waals surface area contributed by atoms with Crippen LogP contribution in [0, 0.1) is 5.92 Å². The van der Waals surface area contributed by atoms with Crippen LogP contribution in [-0.4, -0.2) is 36.1 Å². The Kier molecular flexibility index (Phi) is 4.26. The first-order chi connectivity index (χ1) is 7.66. The van der Waals surface area contributed by atoms with Gasteiger partial charge in [-0.05, 0) is 52.0 Å². The lowest BCUT2D eigenvalue weighted by Crippen LogP contribution is -2.47. The summed E-state index contributed by atoms with van der Waals surface area (Å²) in [5.74, 6) is 0.795. The Hall–Kier alpha value is -0.0800. The van der Waals surface area contributed by atoms with E-state index < -0.39 is 0 Å². The molecule has 2 nitrogen and oxygen atoms in total. The molecule has 0 aromatic rings. The van der Waals surface area contributed by atoms with Gasteiger partial charge in [0, 0.05) is 24.7 Å². The van der Waals surface area contributed by atoms with Crippen LogP contribution in [0.3, 0.4) is 0 Å². The van der Waals surface area contributed by atoms with E-state index >= 15 is 0 Å². The average molecular weight is 224 g/mol.